The summed E-state index contributed by atoms with van der Waals surface area (Å²) in [6, 6.07) is 9.02. The van der Waals surface area contributed by atoms with Gasteiger partial charge in [0.1, 0.15) is 11.4 Å². The molecule has 2 aromatic rings. The Balaban J connectivity index is 1.86. The maximum atomic E-state index is 11.8. The number of hydrogen-bond donors (Lipinski definition) is 1. The van der Waals surface area contributed by atoms with Gasteiger partial charge in [-0.2, -0.15) is 0 Å². The molecular weight excluding hydrogens is 444 g/mol. The fourth-order valence-corrected chi connectivity index (χ4v) is 3.14. The van der Waals surface area contributed by atoms with E-state index in [0.29, 0.717) is 10.8 Å². The van der Waals surface area contributed by atoms with E-state index in [9.17, 15) is 19.7 Å². The van der Waals surface area contributed by atoms with Gasteiger partial charge in [0.15, 0.2) is 13.2 Å². The summed E-state index contributed by atoms with van der Waals surface area (Å²) in [4.78, 5) is 33.9. The molecule has 27 heavy (non-hydrogen) atoms. The van der Waals surface area contributed by atoms with Gasteiger partial charge in [-0.05, 0) is 30.7 Å². The highest BCUT2D eigenvalue weighted by Gasteiger charge is 2.16. The number of anilines is 1. The van der Waals surface area contributed by atoms with Crippen molar-refractivity contribution in [3.8, 4) is 5.75 Å². The second kappa shape index (κ2) is 9.33. The minimum atomic E-state index is -0.786. The van der Waals surface area contributed by atoms with E-state index in [0.717, 1.165) is 10.0 Å². The Labute approximate surface area is 167 Å². The van der Waals surface area contributed by atoms with Crippen LogP contribution < -0.4 is 10.1 Å². The third-order valence-corrected chi connectivity index (χ3v) is 4.01. The smallest absolute Gasteiger partial charge is 0.344 e. The van der Waals surface area contributed by atoms with Crippen LogP contribution in [-0.2, 0) is 14.3 Å². The predicted octanol–water partition coefficient (Wildman–Crippen LogP) is 3.88. The zero-order valence-electron chi connectivity index (χ0n) is 14.0. The largest absolute Gasteiger partial charge is 0.480 e. The number of hydrogen-bond acceptors (Lipinski definition) is 6. The van der Waals surface area contributed by atoms with Gasteiger partial charge in [0.05, 0.1) is 9.95 Å². The summed E-state index contributed by atoms with van der Waals surface area (Å²) in [7, 11) is 0. The maximum Gasteiger partial charge on any atom is 0.344 e. The van der Waals surface area contributed by atoms with Gasteiger partial charge in [0.25, 0.3) is 11.6 Å². The maximum absolute atomic E-state index is 11.8. The molecule has 0 heterocycles. The number of esters is 1. The molecule has 1 amide bonds. The van der Waals surface area contributed by atoms with Crippen molar-refractivity contribution in [1.82, 2.24) is 0 Å². The molecule has 8 nitrogen and oxygen atoms in total. The highest BCUT2D eigenvalue weighted by Crippen LogP contribution is 2.32. The van der Waals surface area contributed by atoms with Crippen molar-refractivity contribution in [3.05, 3.63) is 61.6 Å². The summed E-state index contributed by atoms with van der Waals surface area (Å²) in [5.41, 5.74) is 0.467. The number of rotatable bonds is 7. The van der Waals surface area contributed by atoms with E-state index >= 15 is 0 Å². The number of ether oxygens (including phenoxy) is 2. The van der Waals surface area contributed by atoms with Crippen LogP contribution in [0.3, 0.4) is 0 Å². The molecule has 0 saturated carbocycles. The monoisotopic (exact) mass is 456 g/mol. The molecule has 142 valence electrons. The lowest BCUT2D eigenvalue weighted by Gasteiger charge is -2.11. The molecule has 0 atom stereocenters. The summed E-state index contributed by atoms with van der Waals surface area (Å²) in [6.45, 7) is 0.708. The van der Waals surface area contributed by atoms with Crippen molar-refractivity contribution in [2.45, 2.75) is 6.92 Å². The first-order chi connectivity index (χ1) is 12.8. The van der Waals surface area contributed by atoms with Crippen molar-refractivity contribution in [2.75, 3.05) is 18.5 Å². The molecule has 1 N–H and O–H groups in total. The standard InChI is InChI=1S/C17H14BrClN2O6/c1-10-6-11(18)7-12(19)17(10)27-9-16(23)26-8-15(22)20-13-4-2-3-5-14(13)21(24)25/h2-7H,8-9H2,1H3,(H,20,22). The number of carbonyl (C=O) groups is 2. The number of nitrogens with one attached hydrogen (secondary N) is 1. The zero-order valence-corrected chi connectivity index (χ0v) is 16.4. The van der Waals surface area contributed by atoms with E-state index in [1.165, 1.54) is 24.3 Å². The second-order valence-electron chi connectivity index (χ2n) is 5.31. The van der Waals surface area contributed by atoms with Crippen molar-refractivity contribution < 1.29 is 24.0 Å². The Morgan fingerprint density at radius 1 is 1.26 bits per heavy atom. The first kappa shape index (κ1) is 20.7. The first-order valence-electron chi connectivity index (χ1n) is 7.55. The zero-order chi connectivity index (χ0) is 20.0. The van der Waals surface area contributed by atoms with Crippen molar-refractivity contribution in [2.24, 2.45) is 0 Å². The second-order valence-corrected chi connectivity index (χ2v) is 6.63. The lowest BCUT2D eigenvalue weighted by atomic mass is 10.2. The summed E-state index contributed by atoms with van der Waals surface area (Å²) >= 11 is 9.34. The molecule has 0 aliphatic rings. The Morgan fingerprint density at radius 2 is 1.96 bits per heavy atom. The molecule has 0 radical (unpaired) electrons. The van der Waals surface area contributed by atoms with E-state index in [1.54, 1.807) is 19.1 Å². The summed E-state index contributed by atoms with van der Waals surface area (Å²) in [5, 5.41) is 13.5. The summed E-state index contributed by atoms with van der Waals surface area (Å²) < 4.78 is 10.9. The van der Waals surface area contributed by atoms with Gasteiger partial charge in [-0.15, -0.1) is 0 Å². The van der Waals surface area contributed by atoms with E-state index in [-0.39, 0.29) is 11.4 Å². The van der Waals surface area contributed by atoms with Crippen LogP contribution in [0.1, 0.15) is 5.56 Å². The molecule has 0 aliphatic heterocycles. The van der Waals surface area contributed by atoms with Crippen LogP contribution in [0.5, 0.6) is 5.75 Å². The Hall–Kier alpha value is -2.65. The average Bonchev–Trinajstić information content (AvgIpc) is 2.59. The highest BCUT2D eigenvalue weighted by atomic mass is 79.9. The SMILES string of the molecule is Cc1cc(Br)cc(Cl)c1OCC(=O)OCC(=O)Nc1ccccc1[N+](=O)[O-]. The van der Waals surface area contributed by atoms with E-state index < -0.39 is 30.0 Å². The number of nitro benzene ring substituents is 1. The minimum Gasteiger partial charge on any atom is -0.480 e. The Bertz CT molecular complexity index is 866. The predicted molar refractivity (Wildman–Crippen MR) is 102 cm³/mol. The van der Waals surface area contributed by atoms with Gasteiger partial charge in [0.2, 0.25) is 0 Å². The van der Waals surface area contributed by atoms with Gasteiger partial charge >= 0.3 is 5.97 Å². The van der Waals surface area contributed by atoms with Gasteiger partial charge in [-0.25, -0.2) is 4.79 Å². The van der Waals surface area contributed by atoms with Gasteiger partial charge in [-0.3, -0.25) is 14.9 Å². The number of benzene rings is 2. The lowest BCUT2D eigenvalue weighted by Crippen LogP contribution is -2.24. The third kappa shape index (κ3) is 5.93. The van der Waals surface area contributed by atoms with Gasteiger partial charge in [-0.1, -0.05) is 39.7 Å². The lowest BCUT2D eigenvalue weighted by molar-refractivity contribution is -0.383. The molecule has 0 bridgehead atoms. The quantitative estimate of drug-likeness (QED) is 0.384. The number of para-hydroxylation sites is 2. The van der Waals surface area contributed by atoms with Crippen LogP contribution >= 0.6 is 27.5 Å². The number of carbonyl (C=O) groups excluding carboxylic acids is 2. The van der Waals surface area contributed by atoms with Crippen molar-refractivity contribution >= 4 is 50.8 Å². The molecule has 10 heteroatoms. The normalized spacial score (nSPS) is 10.2. The van der Waals surface area contributed by atoms with Gasteiger partial charge < -0.3 is 14.8 Å². The van der Waals surface area contributed by atoms with Crippen LogP contribution in [0, 0.1) is 17.0 Å². The fourth-order valence-electron chi connectivity index (χ4n) is 2.12. The Kier molecular flexibility index (Phi) is 7.14. The topological polar surface area (TPSA) is 108 Å². The van der Waals surface area contributed by atoms with E-state index in [4.69, 9.17) is 21.1 Å². The van der Waals surface area contributed by atoms with Crippen molar-refractivity contribution in [3.63, 3.8) is 0 Å². The third-order valence-electron chi connectivity index (χ3n) is 3.27. The molecule has 0 unspecified atom stereocenters. The van der Waals surface area contributed by atoms with Crippen LogP contribution in [0.2, 0.25) is 5.02 Å². The molecular formula is C17H14BrClN2O6. The average molecular weight is 458 g/mol. The first-order valence-corrected chi connectivity index (χ1v) is 8.72. The van der Waals surface area contributed by atoms with Crippen LogP contribution in [-0.4, -0.2) is 30.0 Å². The number of amides is 1. The Morgan fingerprint density at radius 3 is 2.63 bits per heavy atom. The minimum absolute atomic E-state index is 0.0112. The molecule has 0 saturated heterocycles. The van der Waals surface area contributed by atoms with E-state index in [2.05, 4.69) is 21.2 Å². The van der Waals surface area contributed by atoms with Crippen LogP contribution in [0.15, 0.2) is 40.9 Å². The fraction of sp³-hybridized carbons (Fsp3) is 0.176. The number of halogens is 2. The molecule has 2 rings (SSSR count). The van der Waals surface area contributed by atoms with Crippen LogP contribution in [0.4, 0.5) is 11.4 Å². The molecule has 0 fully saturated rings. The molecule has 0 aromatic heterocycles. The number of nitrogens with zero attached hydrogens (tertiary/aromatic N) is 1. The molecule has 0 aliphatic carbocycles. The highest BCUT2D eigenvalue weighted by molar-refractivity contribution is 9.10. The number of nitro groups is 1. The van der Waals surface area contributed by atoms with Crippen LogP contribution in [0.25, 0.3) is 0 Å². The summed E-state index contributed by atoms with van der Waals surface area (Å²) in [5.74, 6) is -1.16. The van der Waals surface area contributed by atoms with Crippen molar-refractivity contribution in [1.29, 1.82) is 0 Å². The van der Waals surface area contributed by atoms with E-state index in [1.807, 2.05) is 0 Å². The van der Waals surface area contributed by atoms with Gasteiger partial charge in [0, 0.05) is 10.5 Å². The number of aryl methyl sites for hydroxylation is 1. The summed E-state index contributed by atoms with van der Waals surface area (Å²) in [6.07, 6.45) is 0. The molecule has 2 aromatic carbocycles. The molecule has 0 spiro atoms.